The largest absolute Gasteiger partial charge is 0.478 e. The normalized spacial score (nSPS) is 5.47. The van der Waals surface area contributed by atoms with Gasteiger partial charge < -0.3 is 15.6 Å². The molecule has 1 amide bonds. The first-order chi connectivity index (χ1) is 7.87. The molecule has 0 spiro atoms. The summed E-state index contributed by atoms with van der Waals surface area (Å²) in [6.07, 6.45) is 1.62. The molecule has 96 valence electrons. The number of nitrogens with two attached hydrogens (primary N) is 1. The summed E-state index contributed by atoms with van der Waals surface area (Å²) in [4.78, 5) is 35.5. The molecule has 0 radical (unpaired) electrons. The number of carboxylic acids is 1. The van der Waals surface area contributed by atoms with Crippen LogP contribution in [0.5, 0.6) is 0 Å². The number of carbonyl (C=O) groups is 2. The summed E-state index contributed by atoms with van der Waals surface area (Å²) >= 11 is 0. The lowest BCUT2D eigenvalue weighted by atomic mass is 10.7. The molecule has 0 unspecified atom stereocenters. The minimum atomic E-state index is -0.981. The van der Waals surface area contributed by atoms with Crippen LogP contribution in [0.4, 0.5) is 4.79 Å². The SMILES string of the molecule is C=CC(=O)O.CCOC(N)=O.N=C=O.N=C=O. The zero-order valence-electron chi connectivity index (χ0n) is 9.06. The van der Waals surface area contributed by atoms with Crippen LogP contribution in [0.1, 0.15) is 6.92 Å². The molecular weight excluding hydrogens is 234 g/mol. The molecule has 0 saturated heterocycles. The van der Waals surface area contributed by atoms with Crippen molar-refractivity contribution in [3.05, 3.63) is 12.7 Å². The quantitative estimate of drug-likeness (QED) is 0.307. The van der Waals surface area contributed by atoms with Gasteiger partial charge in [0.1, 0.15) is 0 Å². The van der Waals surface area contributed by atoms with Crippen LogP contribution in [0.2, 0.25) is 0 Å². The van der Waals surface area contributed by atoms with Crippen LogP contribution in [0.15, 0.2) is 12.7 Å². The topological polar surface area (TPSA) is 171 Å². The summed E-state index contributed by atoms with van der Waals surface area (Å²) in [6, 6.07) is 0. The van der Waals surface area contributed by atoms with Crippen LogP contribution >= 0.6 is 0 Å². The average molecular weight is 247 g/mol. The third kappa shape index (κ3) is 333. The highest BCUT2D eigenvalue weighted by Gasteiger charge is 1.82. The third-order valence-electron chi connectivity index (χ3n) is 0.461. The molecule has 17 heavy (non-hydrogen) atoms. The summed E-state index contributed by atoms with van der Waals surface area (Å²) in [5.74, 6) is -0.981. The Kier molecular flexibility index (Phi) is 40.9. The lowest BCUT2D eigenvalue weighted by Gasteiger charge is -1.89. The second-order valence-corrected chi connectivity index (χ2v) is 1.50. The van der Waals surface area contributed by atoms with Crippen LogP contribution < -0.4 is 5.73 Å². The molecule has 0 fully saturated rings. The van der Waals surface area contributed by atoms with E-state index in [2.05, 4.69) is 17.0 Å². The molecule has 0 aromatic heterocycles. The molecule has 0 atom stereocenters. The number of primary amides is 1. The van der Waals surface area contributed by atoms with E-state index >= 15 is 0 Å². The summed E-state index contributed by atoms with van der Waals surface area (Å²) in [5.41, 5.74) is 4.54. The molecule has 0 bridgehead atoms. The van der Waals surface area contributed by atoms with E-state index in [1.54, 1.807) is 6.92 Å². The van der Waals surface area contributed by atoms with Crippen molar-refractivity contribution in [3.63, 3.8) is 0 Å². The highest BCUT2D eigenvalue weighted by atomic mass is 16.5. The Labute approximate surface area is 96.9 Å². The van der Waals surface area contributed by atoms with Gasteiger partial charge in [0.15, 0.2) is 0 Å². The molecule has 0 aliphatic carbocycles. The van der Waals surface area contributed by atoms with E-state index in [1.165, 1.54) is 0 Å². The molecule has 9 nitrogen and oxygen atoms in total. The van der Waals surface area contributed by atoms with Crippen LogP contribution in [0.3, 0.4) is 0 Å². The van der Waals surface area contributed by atoms with Crippen molar-refractivity contribution in [1.82, 2.24) is 0 Å². The third-order valence-corrected chi connectivity index (χ3v) is 0.461. The van der Waals surface area contributed by atoms with E-state index in [0.29, 0.717) is 6.61 Å². The highest BCUT2D eigenvalue weighted by Crippen LogP contribution is 1.66. The van der Waals surface area contributed by atoms with E-state index in [0.717, 1.165) is 18.2 Å². The number of hydrogen-bond donors (Lipinski definition) is 4. The molecular formula is C8H13N3O6. The van der Waals surface area contributed by atoms with Gasteiger partial charge in [0, 0.05) is 6.08 Å². The predicted molar refractivity (Wildman–Crippen MR) is 55.9 cm³/mol. The molecule has 0 aliphatic rings. The van der Waals surface area contributed by atoms with Crippen LogP contribution in [-0.4, -0.2) is 35.9 Å². The van der Waals surface area contributed by atoms with Crippen molar-refractivity contribution in [2.45, 2.75) is 6.92 Å². The highest BCUT2D eigenvalue weighted by molar-refractivity contribution is 5.78. The fourth-order valence-electron chi connectivity index (χ4n) is 0.142. The molecule has 5 N–H and O–H groups in total. The summed E-state index contributed by atoms with van der Waals surface area (Å²) < 4.78 is 4.18. The number of carbonyl (C=O) groups excluding carboxylic acids is 3. The monoisotopic (exact) mass is 247 g/mol. The Morgan fingerprint density at radius 1 is 1.41 bits per heavy atom. The number of nitrogens with one attached hydrogen (secondary N) is 2. The van der Waals surface area contributed by atoms with Crippen molar-refractivity contribution < 1.29 is 29.0 Å². The Morgan fingerprint density at radius 3 is 1.65 bits per heavy atom. The van der Waals surface area contributed by atoms with Crippen molar-refractivity contribution in [2.24, 2.45) is 5.73 Å². The van der Waals surface area contributed by atoms with Gasteiger partial charge in [-0.25, -0.2) is 30.0 Å². The van der Waals surface area contributed by atoms with E-state index < -0.39 is 12.1 Å². The molecule has 0 aliphatic heterocycles. The van der Waals surface area contributed by atoms with Crippen molar-refractivity contribution in [3.8, 4) is 0 Å². The Morgan fingerprint density at radius 2 is 1.65 bits per heavy atom. The number of amides is 1. The van der Waals surface area contributed by atoms with Crippen molar-refractivity contribution in [2.75, 3.05) is 6.61 Å². The number of carboxylic acid groups (broad SMARTS) is 1. The Balaban J connectivity index is -0.0000000698. The Bertz CT molecular complexity index is 265. The number of hydrogen-bond acceptors (Lipinski definition) is 7. The zero-order chi connectivity index (χ0) is 14.7. The average Bonchev–Trinajstić information content (AvgIpc) is 2.20. The predicted octanol–water partition coefficient (Wildman–Crippen LogP) is 0.161. The van der Waals surface area contributed by atoms with Gasteiger partial charge in [0.25, 0.3) is 0 Å². The minimum Gasteiger partial charge on any atom is -0.478 e. The molecule has 9 heteroatoms. The minimum absolute atomic E-state index is 0.356. The lowest BCUT2D eigenvalue weighted by Crippen LogP contribution is -2.11. The second-order valence-electron chi connectivity index (χ2n) is 1.50. The number of ether oxygens (including phenoxy) is 1. The van der Waals surface area contributed by atoms with E-state index in [4.69, 9.17) is 25.5 Å². The summed E-state index contributed by atoms with van der Waals surface area (Å²) in [7, 11) is 0. The molecule has 0 heterocycles. The van der Waals surface area contributed by atoms with E-state index in [9.17, 15) is 9.59 Å². The van der Waals surface area contributed by atoms with Gasteiger partial charge >= 0.3 is 12.1 Å². The van der Waals surface area contributed by atoms with Crippen LogP contribution in [0.25, 0.3) is 0 Å². The Hall–Kier alpha value is -2.76. The van der Waals surface area contributed by atoms with Gasteiger partial charge in [-0.3, -0.25) is 0 Å². The van der Waals surface area contributed by atoms with Crippen molar-refractivity contribution >= 4 is 24.2 Å². The van der Waals surface area contributed by atoms with E-state index in [-0.39, 0.29) is 0 Å². The first-order valence-electron chi connectivity index (χ1n) is 3.73. The summed E-state index contributed by atoms with van der Waals surface area (Å²) in [5, 5.41) is 18.4. The van der Waals surface area contributed by atoms with Gasteiger partial charge in [-0.1, -0.05) is 6.58 Å². The lowest BCUT2D eigenvalue weighted by molar-refractivity contribution is -0.131. The maximum Gasteiger partial charge on any atom is 0.404 e. The number of rotatable bonds is 2. The maximum absolute atomic E-state index is 9.60. The van der Waals surface area contributed by atoms with Gasteiger partial charge in [0.05, 0.1) is 6.61 Å². The zero-order valence-corrected chi connectivity index (χ0v) is 9.06. The molecule has 0 rings (SSSR count). The van der Waals surface area contributed by atoms with E-state index in [1.807, 2.05) is 0 Å². The fourth-order valence-corrected chi connectivity index (χ4v) is 0.142. The first-order valence-corrected chi connectivity index (χ1v) is 3.73. The first kappa shape index (κ1) is 23.8. The number of aliphatic carboxylic acids is 1. The molecule has 0 saturated carbocycles. The molecule has 0 aromatic carbocycles. The van der Waals surface area contributed by atoms with Gasteiger partial charge in [-0.2, -0.15) is 0 Å². The van der Waals surface area contributed by atoms with Crippen LogP contribution in [0, 0.1) is 10.8 Å². The van der Waals surface area contributed by atoms with Gasteiger partial charge in [-0.15, -0.1) is 0 Å². The molecule has 0 aromatic rings. The smallest absolute Gasteiger partial charge is 0.404 e. The van der Waals surface area contributed by atoms with Crippen LogP contribution in [-0.2, 0) is 19.1 Å². The van der Waals surface area contributed by atoms with Gasteiger partial charge in [0.2, 0.25) is 12.2 Å². The standard InChI is InChI=1S/C3H7NO2.C3H4O2.2CHNO/c1-2-6-3(4)5;1-2-3(4)5;2*2-1-3/h2H2,1H3,(H2,4,5);2H,1H2,(H,4,5);2*2H. The summed E-state index contributed by atoms with van der Waals surface area (Å²) in [6.45, 7) is 5.02. The maximum atomic E-state index is 9.60. The second kappa shape index (κ2) is 29.2. The fraction of sp³-hybridized carbons (Fsp3) is 0.250. The van der Waals surface area contributed by atoms with Gasteiger partial charge in [-0.05, 0) is 6.92 Å². The van der Waals surface area contributed by atoms with Crippen molar-refractivity contribution in [1.29, 1.82) is 10.8 Å². The number of isocyanates is 2.